The SMILES string of the molecule is CC1(C)C=CCC1(C)C(=O)CI. The largest absolute Gasteiger partial charge is 0.298 e. The second-order valence-electron chi connectivity index (χ2n) is 4.22. The molecule has 0 aromatic rings. The van der Waals surface area contributed by atoms with Crippen molar-refractivity contribution in [2.24, 2.45) is 10.8 Å². The summed E-state index contributed by atoms with van der Waals surface area (Å²) in [5.74, 6) is 0.373. The molecule has 1 rings (SSSR count). The second kappa shape index (κ2) is 3.13. The molecule has 1 atom stereocenters. The molecule has 0 bridgehead atoms. The van der Waals surface area contributed by atoms with Gasteiger partial charge in [0, 0.05) is 5.41 Å². The van der Waals surface area contributed by atoms with Crippen LogP contribution in [-0.4, -0.2) is 10.2 Å². The van der Waals surface area contributed by atoms with Crippen LogP contribution in [0.5, 0.6) is 0 Å². The molecular weight excluding hydrogens is 263 g/mol. The highest BCUT2D eigenvalue weighted by atomic mass is 127. The molecular formula is C10H15IO. The lowest BCUT2D eigenvalue weighted by atomic mass is 9.67. The quantitative estimate of drug-likeness (QED) is 0.431. The Morgan fingerprint density at radius 1 is 1.50 bits per heavy atom. The van der Waals surface area contributed by atoms with Gasteiger partial charge in [-0.05, 0) is 11.8 Å². The molecule has 1 aliphatic rings. The van der Waals surface area contributed by atoms with Crippen LogP contribution in [0.25, 0.3) is 0 Å². The summed E-state index contributed by atoms with van der Waals surface area (Å²) in [7, 11) is 0. The number of hydrogen-bond acceptors (Lipinski definition) is 1. The highest BCUT2D eigenvalue weighted by Gasteiger charge is 2.46. The molecule has 0 spiro atoms. The number of ketones is 1. The van der Waals surface area contributed by atoms with Crippen molar-refractivity contribution in [2.45, 2.75) is 27.2 Å². The standard InChI is InChI=1S/C10H15IO/c1-9(2)5-4-6-10(9,3)8(12)7-11/h4-5H,6-7H2,1-3H3. The highest BCUT2D eigenvalue weighted by Crippen LogP contribution is 2.48. The number of Topliss-reactive ketones (excluding diaryl/α,β-unsaturated/α-hetero) is 1. The third kappa shape index (κ3) is 1.34. The van der Waals surface area contributed by atoms with E-state index in [0.29, 0.717) is 10.2 Å². The van der Waals surface area contributed by atoms with E-state index in [0.717, 1.165) is 6.42 Å². The molecule has 0 amide bonds. The maximum Gasteiger partial charge on any atom is 0.149 e. The molecule has 12 heavy (non-hydrogen) atoms. The van der Waals surface area contributed by atoms with Crippen LogP contribution in [-0.2, 0) is 4.79 Å². The normalized spacial score (nSPS) is 32.3. The fraction of sp³-hybridized carbons (Fsp3) is 0.700. The molecule has 0 N–H and O–H groups in total. The first kappa shape index (κ1) is 10.2. The molecule has 1 nitrogen and oxygen atoms in total. The van der Waals surface area contributed by atoms with Crippen LogP contribution < -0.4 is 0 Å². The van der Waals surface area contributed by atoms with E-state index in [1.54, 1.807) is 0 Å². The summed E-state index contributed by atoms with van der Waals surface area (Å²) in [4.78, 5) is 11.7. The van der Waals surface area contributed by atoms with E-state index in [1.807, 2.05) is 0 Å². The van der Waals surface area contributed by atoms with Crippen LogP contribution in [0, 0.1) is 10.8 Å². The summed E-state index contributed by atoms with van der Waals surface area (Å²) >= 11 is 2.15. The lowest BCUT2D eigenvalue weighted by Gasteiger charge is -2.36. The van der Waals surface area contributed by atoms with Gasteiger partial charge in [0.25, 0.3) is 0 Å². The number of halogens is 1. The zero-order valence-corrected chi connectivity index (χ0v) is 10.0. The van der Waals surface area contributed by atoms with E-state index in [1.165, 1.54) is 0 Å². The third-order valence-electron chi connectivity index (χ3n) is 3.22. The Hall–Kier alpha value is 0.140. The van der Waals surface area contributed by atoms with E-state index in [9.17, 15) is 4.79 Å². The molecule has 0 heterocycles. The number of alkyl halides is 1. The Balaban J connectivity index is 2.94. The van der Waals surface area contributed by atoms with Gasteiger partial charge in [-0.3, -0.25) is 4.79 Å². The van der Waals surface area contributed by atoms with Crippen molar-refractivity contribution in [1.82, 2.24) is 0 Å². The zero-order chi connectivity index (χ0) is 9.41. The van der Waals surface area contributed by atoms with Gasteiger partial charge in [-0.1, -0.05) is 55.5 Å². The fourth-order valence-corrected chi connectivity index (χ4v) is 2.50. The van der Waals surface area contributed by atoms with Gasteiger partial charge in [0.15, 0.2) is 0 Å². The number of hydrogen-bond donors (Lipinski definition) is 0. The predicted molar refractivity (Wildman–Crippen MR) is 59.5 cm³/mol. The second-order valence-corrected chi connectivity index (χ2v) is 4.98. The smallest absolute Gasteiger partial charge is 0.149 e. The lowest BCUT2D eigenvalue weighted by molar-refractivity contribution is -0.128. The van der Waals surface area contributed by atoms with Crippen molar-refractivity contribution in [3.63, 3.8) is 0 Å². The molecule has 0 fully saturated rings. The molecule has 68 valence electrons. The van der Waals surface area contributed by atoms with Crippen molar-refractivity contribution in [1.29, 1.82) is 0 Å². The van der Waals surface area contributed by atoms with Crippen LogP contribution in [0.4, 0.5) is 0 Å². The van der Waals surface area contributed by atoms with Gasteiger partial charge >= 0.3 is 0 Å². The monoisotopic (exact) mass is 278 g/mol. The number of carbonyl (C=O) groups excluding carboxylic acids is 1. The Morgan fingerprint density at radius 2 is 2.08 bits per heavy atom. The maximum atomic E-state index is 11.7. The van der Waals surface area contributed by atoms with Crippen molar-refractivity contribution < 1.29 is 4.79 Å². The summed E-state index contributed by atoms with van der Waals surface area (Å²) in [5.41, 5.74) is -0.122. The highest BCUT2D eigenvalue weighted by molar-refractivity contribution is 14.1. The molecule has 0 saturated heterocycles. The van der Waals surface area contributed by atoms with Crippen molar-refractivity contribution in [3.8, 4) is 0 Å². The van der Waals surface area contributed by atoms with Gasteiger partial charge < -0.3 is 0 Å². The number of allylic oxidation sites excluding steroid dienone is 2. The first-order valence-corrected chi connectivity index (χ1v) is 5.73. The van der Waals surface area contributed by atoms with E-state index >= 15 is 0 Å². The lowest BCUT2D eigenvalue weighted by Crippen LogP contribution is -2.38. The fourth-order valence-electron chi connectivity index (χ4n) is 1.66. The summed E-state index contributed by atoms with van der Waals surface area (Å²) in [6, 6.07) is 0. The van der Waals surface area contributed by atoms with Crippen LogP contribution in [0.15, 0.2) is 12.2 Å². The van der Waals surface area contributed by atoms with Crippen molar-refractivity contribution in [2.75, 3.05) is 4.43 Å². The van der Waals surface area contributed by atoms with Gasteiger partial charge in [0.1, 0.15) is 5.78 Å². The summed E-state index contributed by atoms with van der Waals surface area (Å²) in [6.07, 6.45) is 5.20. The average molecular weight is 278 g/mol. The van der Waals surface area contributed by atoms with E-state index in [4.69, 9.17) is 0 Å². The van der Waals surface area contributed by atoms with Gasteiger partial charge in [-0.2, -0.15) is 0 Å². The minimum atomic E-state index is -0.159. The van der Waals surface area contributed by atoms with Gasteiger partial charge in [0.05, 0.1) is 4.43 Å². The zero-order valence-electron chi connectivity index (χ0n) is 7.86. The van der Waals surface area contributed by atoms with E-state index < -0.39 is 0 Å². The molecule has 1 aliphatic carbocycles. The van der Waals surface area contributed by atoms with E-state index in [2.05, 4.69) is 55.5 Å². The first-order valence-electron chi connectivity index (χ1n) is 4.21. The first-order chi connectivity index (χ1) is 5.44. The molecule has 0 saturated carbocycles. The Bertz CT molecular complexity index is 230. The maximum absolute atomic E-state index is 11.7. The Morgan fingerprint density at radius 3 is 2.42 bits per heavy atom. The van der Waals surface area contributed by atoms with Crippen LogP contribution in [0.2, 0.25) is 0 Å². The molecule has 0 aromatic heterocycles. The van der Waals surface area contributed by atoms with Crippen molar-refractivity contribution >= 4 is 28.4 Å². The van der Waals surface area contributed by atoms with Gasteiger partial charge in [0.2, 0.25) is 0 Å². The molecule has 2 heteroatoms. The number of carbonyl (C=O) groups is 1. The molecule has 0 radical (unpaired) electrons. The predicted octanol–water partition coefficient (Wildman–Crippen LogP) is 2.98. The summed E-state index contributed by atoms with van der Waals surface area (Å²) < 4.78 is 0.624. The summed E-state index contributed by atoms with van der Waals surface area (Å²) in [5, 5.41) is 0. The Labute approximate surface area is 87.8 Å². The molecule has 1 unspecified atom stereocenters. The Kier molecular flexibility index (Phi) is 2.66. The number of rotatable bonds is 2. The topological polar surface area (TPSA) is 17.1 Å². The molecule has 0 aromatic carbocycles. The van der Waals surface area contributed by atoms with Crippen LogP contribution in [0.3, 0.4) is 0 Å². The van der Waals surface area contributed by atoms with Gasteiger partial charge in [-0.15, -0.1) is 0 Å². The van der Waals surface area contributed by atoms with Crippen molar-refractivity contribution in [3.05, 3.63) is 12.2 Å². The van der Waals surface area contributed by atoms with E-state index in [-0.39, 0.29) is 10.8 Å². The third-order valence-corrected chi connectivity index (χ3v) is 3.91. The summed E-state index contributed by atoms with van der Waals surface area (Å²) in [6.45, 7) is 6.36. The minimum absolute atomic E-state index is 0.0370. The van der Waals surface area contributed by atoms with Crippen LogP contribution >= 0.6 is 22.6 Å². The average Bonchev–Trinajstić information content (AvgIpc) is 2.26. The van der Waals surface area contributed by atoms with Crippen LogP contribution in [0.1, 0.15) is 27.2 Å². The van der Waals surface area contributed by atoms with Gasteiger partial charge in [-0.25, -0.2) is 0 Å². The molecule has 0 aliphatic heterocycles. The minimum Gasteiger partial charge on any atom is -0.298 e.